The summed E-state index contributed by atoms with van der Waals surface area (Å²) in [7, 11) is 1.51. The molecule has 3 nitrogen and oxygen atoms in total. The maximum absolute atomic E-state index is 9.92. The highest BCUT2D eigenvalue weighted by Gasteiger charge is 2.11. The Morgan fingerprint density at radius 3 is 2.75 bits per heavy atom. The van der Waals surface area contributed by atoms with Crippen LogP contribution in [0.2, 0.25) is 0 Å². The normalized spacial score (nSPS) is 9.75. The van der Waals surface area contributed by atoms with Crippen LogP contribution in [0.25, 0.3) is 10.4 Å². The Kier molecular flexibility index (Phi) is 2.80. The number of rotatable bonds is 2. The van der Waals surface area contributed by atoms with Crippen LogP contribution in [0.3, 0.4) is 0 Å². The number of nitriles is 1. The number of aromatic hydroxyl groups is 1. The van der Waals surface area contributed by atoms with Gasteiger partial charge < -0.3 is 9.84 Å². The van der Waals surface area contributed by atoms with Crippen LogP contribution in [-0.2, 0) is 0 Å². The highest BCUT2D eigenvalue weighted by Crippen LogP contribution is 2.39. The number of para-hydroxylation sites is 1. The third-order valence-corrected chi connectivity index (χ3v) is 3.22. The van der Waals surface area contributed by atoms with Crippen molar-refractivity contribution in [1.82, 2.24) is 0 Å². The average Bonchev–Trinajstić information content (AvgIpc) is 2.78. The summed E-state index contributed by atoms with van der Waals surface area (Å²) in [5, 5.41) is 18.7. The summed E-state index contributed by atoms with van der Waals surface area (Å²) in [4.78, 5) is 1.48. The smallest absolute Gasteiger partial charge is 0.166 e. The fourth-order valence-corrected chi connectivity index (χ4v) is 2.26. The molecule has 0 bridgehead atoms. The van der Waals surface area contributed by atoms with Gasteiger partial charge in [-0.1, -0.05) is 6.07 Å². The molecule has 0 unspecified atom stereocenters. The number of methoxy groups -OCH3 is 1. The van der Waals surface area contributed by atoms with Gasteiger partial charge in [-0.25, -0.2) is 0 Å². The van der Waals surface area contributed by atoms with Gasteiger partial charge in [-0.3, -0.25) is 0 Å². The second-order valence-electron chi connectivity index (χ2n) is 3.13. The lowest BCUT2D eigenvalue weighted by molar-refractivity contribution is 0.374. The Bertz CT molecular complexity index is 554. The predicted molar refractivity (Wildman–Crippen MR) is 62.7 cm³/mol. The van der Waals surface area contributed by atoms with Gasteiger partial charge in [0.15, 0.2) is 11.5 Å². The molecule has 1 heterocycles. The lowest BCUT2D eigenvalue weighted by atomic mass is 10.1. The zero-order valence-corrected chi connectivity index (χ0v) is 9.41. The van der Waals surface area contributed by atoms with Gasteiger partial charge in [0.25, 0.3) is 0 Å². The van der Waals surface area contributed by atoms with E-state index in [9.17, 15) is 5.11 Å². The van der Waals surface area contributed by atoms with E-state index >= 15 is 0 Å². The summed E-state index contributed by atoms with van der Waals surface area (Å²) < 4.78 is 5.03. The molecule has 80 valence electrons. The zero-order valence-electron chi connectivity index (χ0n) is 8.60. The minimum atomic E-state index is 0.108. The van der Waals surface area contributed by atoms with Crippen molar-refractivity contribution in [3.05, 3.63) is 35.2 Å². The molecule has 16 heavy (non-hydrogen) atoms. The number of benzene rings is 1. The third kappa shape index (κ3) is 1.73. The van der Waals surface area contributed by atoms with E-state index in [1.54, 1.807) is 24.3 Å². The van der Waals surface area contributed by atoms with Crippen molar-refractivity contribution in [2.24, 2.45) is 0 Å². The Balaban J connectivity index is 2.52. The number of nitrogens with zero attached hydrogens (tertiary/aromatic N) is 1. The molecule has 0 saturated carbocycles. The molecule has 0 fully saturated rings. The molecule has 1 N–H and O–H groups in total. The second-order valence-corrected chi connectivity index (χ2v) is 4.22. The third-order valence-electron chi connectivity index (χ3n) is 2.20. The van der Waals surface area contributed by atoms with E-state index in [0.29, 0.717) is 16.2 Å². The van der Waals surface area contributed by atoms with Crippen LogP contribution >= 0.6 is 11.3 Å². The molecule has 0 aliphatic heterocycles. The number of hydrogen-bond donors (Lipinski definition) is 1. The molecule has 1 aromatic heterocycles. The van der Waals surface area contributed by atoms with Crippen molar-refractivity contribution in [2.45, 2.75) is 0 Å². The van der Waals surface area contributed by atoms with Crippen molar-refractivity contribution < 1.29 is 9.84 Å². The van der Waals surface area contributed by atoms with E-state index in [0.717, 1.165) is 4.88 Å². The van der Waals surface area contributed by atoms with Gasteiger partial charge in [-0.15, -0.1) is 11.3 Å². The van der Waals surface area contributed by atoms with Crippen molar-refractivity contribution in [2.75, 3.05) is 7.11 Å². The van der Waals surface area contributed by atoms with E-state index in [4.69, 9.17) is 10.00 Å². The zero-order chi connectivity index (χ0) is 11.5. The van der Waals surface area contributed by atoms with Crippen LogP contribution in [-0.4, -0.2) is 12.2 Å². The first-order valence-corrected chi connectivity index (χ1v) is 5.44. The molecular formula is C12H9NO2S. The van der Waals surface area contributed by atoms with Gasteiger partial charge >= 0.3 is 0 Å². The molecule has 2 aromatic rings. The highest BCUT2D eigenvalue weighted by molar-refractivity contribution is 7.16. The van der Waals surface area contributed by atoms with Crippen molar-refractivity contribution in [3.63, 3.8) is 0 Å². The molecule has 0 amide bonds. The summed E-state index contributed by atoms with van der Waals surface area (Å²) in [6.45, 7) is 0. The molecule has 0 saturated heterocycles. The summed E-state index contributed by atoms with van der Waals surface area (Å²) in [6.07, 6.45) is 0. The molecule has 2 rings (SSSR count). The fourth-order valence-electron chi connectivity index (χ4n) is 1.43. The van der Waals surface area contributed by atoms with Crippen LogP contribution in [0.4, 0.5) is 0 Å². The Labute approximate surface area is 97.2 Å². The van der Waals surface area contributed by atoms with Gasteiger partial charge in [0, 0.05) is 10.4 Å². The van der Waals surface area contributed by atoms with Gasteiger partial charge in [0.1, 0.15) is 10.9 Å². The minimum Gasteiger partial charge on any atom is -0.504 e. The lowest BCUT2D eigenvalue weighted by Crippen LogP contribution is -1.84. The van der Waals surface area contributed by atoms with Crippen LogP contribution in [0.15, 0.2) is 30.3 Å². The first-order valence-electron chi connectivity index (χ1n) is 4.62. The quantitative estimate of drug-likeness (QED) is 0.864. The topological polar surface area (TPSA) is 53.2 Å². The molecule has 0 atom stereocenters. The van der Waals surface area contributed by atoms with Gasteiger partial charge in [0.2, 0.25) is 0 Å². The second kappa shape index (κ2) is 4.25. The monoisotopic (exact) mass is 231 g/mol. The fraction of sp³-hybridized carbons (Fsp3) is 0.0833. The average molecular weight is 231 g/mol. The Hall–Kier alpha value is -1.99. The molecule has 1 aromatic carbocycles. The molecule has 0 radical (unpaired) electrons. The minimum absolute atomic E-state index is 0.108. The number of phenolic OH excluding ortho intramolecular Hbond substituents is 1. The van der Waals surface area contributed by atoms with Gasteiger partial charge in [-0.2, -0.15) is 5.26 Å². The van der Waals surface area contributed by atoms with E-state index < -0.39 is 0 Å². The molecule has 0 aliphatic carbocycles. The summed E-state index contributed by atoms with van der Waals surface area (Å²) in [5.41, 5.74) is 0.686. The van der Waals surface area contributed by atoms with Gasteiger partial charge in [-0.05, 0) is 24.3 Å². The standard InChI is InChI=1S/C12H9NO2S/c1-15-10-4-2-3-9(12(10)14)11-6-5-8(7-13)16-11/h2-6,14H,1H3. The summed E-state index contributed by atoms with van der Waals surface area (Å²) in [6, 6.07) is 10.9. The van der Waals surface area contributed by atoms with E-state index in [2.05, 4.69) is 6.07 Å². The van der Waals surface area contributed by atoms with Crippen LogP contribution in [0, 0.1) is 11.3 Å². The molecule has 4 heteroatoms. The SMILES string of the molecule is COc1cccc(-c2ccc(C#N)s2)c1O. The Morgan fingerprint density at radius 1 is 1.31 bits per heavy atom. The molecule has 0 aliphatic rings. The van der Waals surface area contributed by atoms with Crippen LogP contribution in [0.1, 0.15) is 4.88 Å². The van der Waals surface area contributed by atoms with E-state index in [1.165, 1.54) is 18.4 Å². The van der Waals surface area contributed by atoms with Crippen LogP contribution < -0.4 is 4.74 Å². The van der Waals surface area contributed by atoms with Crippen molar-refractivity contribution in [1.29, 1.82) is 5.26 Å². The summed E-state index contributed by atoms with van der Waals surface area (Å²) in [5.74, 6) is 0.542. The summed E-state index contributed by atoms with van der Waals surface area (Å²) >= 11 is 1.34. The Morgan fingerprint density at radius 2 is 2.12 bits per heavy atom. The number of ether oxygens (including phenoxy) is 1. The lowest BCUT2D eigenvalue weighted by Gasteiger charge is -2.06. The number of hydrogen-bond acceptors (Lipinski definition) is 4. The first kappa shape index (κ1) is 10.5. The number of thiophene rings is 1. The molecular weight excluding hydrogens is 222 g/mol. The maximum atomic E-state index is 9.92. The number of phenols is 1. The molecule has 0 spiro atoms. The van der Waals surface area contributed by atoms with Crippen molar-refractivity contribution in [3.8, 4) is 28.0 Å². The predicted octanol–water partition coefficient (Wildman–Crippen LogP) is 3.00. The van der Waals surface area contributed by atoms with Crippen molar-refractivity contribution >= 4 is 11.3 Å². The van der Waals surface area contributed by atoms with E-state index in [1.807, 2.05) is 6.07 Å². The largest absolute Gasteiger partial charge is 0.504 e. The van der Waals surface area contributed by atoms with E-state index in [-0.39, 0.29) is 5.75 Å². The maximum Gasteiger partial charge on any atom is 0.166 e. The highest BCUT2D eigenvalue weighted by atomic mass is 32.1. The first-order chi connectivity index (χ1) is 7.76. The van der Waals surface area contributed by atoms with Gasteiger partial charge in [0.05, 0.1) is 7.11 Å². The van der Waals surface area contributed by atoms with Crippen LogP contribution in [0.5, 0.6) is 11.5 Å².